The number of hydrogen-bond donors (Lipinski definition) is 1. The molecule has 4 bridgehead atoms. The number of thiophene rings is 2. The molecule has 0 unspecified atom stereocenters. The summed E-state index contributed by atoms with van der Waals surface area (Å²) in [5.41, 5.74) is 0.218. The first-order valence-electron chi connectivity index (χ1n) is 11.2. The fourth-order valence-corrected chi connectivity index (χ4v) is 8.05. The highest BCUT2D eigenvalue weighted by Gasteiger charge is 2.51. The second-order valence-corrected chi connectivity index (χ2v) is 11.8. The molecule has 4 fully saturated rings. The highest BCUT2D eigenvalue weighted by Crippen LogP contribution is 2.61. The molecular weight excluding hydrogens is 412 g/mol. The maximum atomic E-state index is 13.0. The van der Waals surface area contributed by atoms with Crippen molar-refractivity contribution in [2.24, 2.45) is 23.2 Å². The molecule has 2 aromatic heterocycles. The second kappa shape index (κ2) is 8.46. The molecule has 4 nitrogen and oxygen atoms in total. The molecule has 6 rings (SSSR count). The van der Waals surface area contributed by atoms with Gasteiger partial charge in [-0.05, 0) is 84.6 Å². The van der Waals surface area contributed by atoms with E-state index in [4.69, 9.17) is 0 Å². The van der Waals surface area contributed by atoms with Crippen LogP contribution < -0.4 is 5.32 Å². The Kier molecular flexibility index (Phi) is 5.71. The molecule has 2 heterocycles. The van der Waals surface area contributed by atoms with E-state index in [0.717, 1.165) is 17.8 Å². The maximum Gasteiger partial charge on any atom is 0.242 e. The fourth-order valence-electron chi connectivity index (χ4n) is 6.61. The van der Waals surface area contributed by atoms with Crippen molar-refractivity contribution in [3.63, 3.8) is 0 Å². The van der Waals surface area contributed by atoms with Crippen molar-refractivity contribution in [1.29, 1.82) is 0 Å². The van der Waals surface area contributed by atoms with Crippen LogP contribution in [0.4, 0.5) is 0 Å². The van der Waals surface area contributed by atoms with E-state index < -0.39 is 0 Å². The second-order valence-electron chi connectivity index (χ2n) is 9.78. The molecule has 1 N–H and O–H groups in total. The molecule has 4 saturated carbocycles. The van der Waals surface area contributed by atoms with E-state index >= 15 is 0 Å². The molecule has 4 aliphatic carbocycles. The lowest BCUT2D eigenvalue weighted by atomic mass is 9.49. The molecule has 30 heavy (non-hydrogen) atoms. The molecule has 0 aliphatic heterocycles. The molecule has 6 heteroatoms. The standard InChI is InChI=1S/C24H30N2O2S2/c27-22(13-24-10-17-7-18(11-24)9-19(8-17)12-24)25-14-23(28)26(15-20-3-1-5-29-20)16-21-4-2-6-30-21/h1-6,17-19H,7-16H2,(H,25,27). The minimum atomic E-state index is -0.00402. The summed E-state index contributed by atoms with van der Waals surface area (Å²) in [6.07, 6.45) is 8.45. The van der Waals surface area contributed by atoms with Crippen molar-refractivity contribution in [3.8, 4) is 0 Å². The van der Waals surface area contributed by atoms with Gasteiger partial charge in [-0.1, -0.05) is 12.1 Å². The Labute approximate surface area is 186 Å². The Hall–Kier alpha value is -1.66. The highest BCUT2D eigenvalue weighted by molar-refractivity contribution is 7.10. The minimum absolute atomic E-state index is 0.00402. The van der Waals surface area contributed by atoms with Crippen LogP contribution in [0.25, 0.3) is 0 Å². The van der Waals surface area contributed by atoms with E-state index in [1.165, 1.54) is 48.3 Å². The maximum absolute atomic E-state index is 13.0. The molecule has 0 saturated heterocycles. The molecule has 2 aromatic rings. The summed E-state index contributed by atoms with van der Waals surface area (Å²) in [5, 5.41) is 7.05. The molecule has 0 aromatic carbocycles. The summed E-state index contributed by atoms with van der Waals surface area (Å²) >= 11 is 3.33. The zero-order valence-electron chi connectivity index (χ0n) is 17.3. The normalized spacial score (nSPS) is 29.1. The smallest absolute Gasteiger partial charge is 0.242 e. The van der Waals surface area contributed by atoms with Crippen LogP contribution in [0.15, 0.2) is 35.0 Å². The summed E-state index contributed by atoms with van der Waals surface area (Å²) in [6.45, 7) is 1.29. The van der Waals surface area contributed by atoms with Crippen LogP contribution >= 0.6 is 22.7 Å². The summed E-state index contributed by atoms with van der Waals surface area (Å²) < 4.78 is 0. The van der Waals surface area contributed by atoms with Gasteiger partial charge in [0.1, 0.15) is 0 Å². The van der Waals surface area contributed by atoms with E-state index in [9.17, 15) is 9.59 Å². The topological polar surface area (TPSA) is 49.4 Å². The number of carbonyl (C=O) groups is 2. The monoisotopic (exact) mass is 442 g/mol. The van der Waals surface area contributed by atoms with Crippen LogP contribution in [0.5, 0.6) is 0 Å². The van der Waals surface area contributed by atoms with Crippen LogP contribution in [0.2, 0.25) is 0 Å². The molecule has 4 aliphatic rings. The van der Waals surface area contributed by atoms with Gasteiger partial charge in [0.25, 0.3) is 0 Å². The van der Waals surface area contributed by atoms with Crippen LogP contribution in [-0.2, 0) is 22.7 Å². The summed E-state index contributed by atoms with van der Waals surface area (Å²) in [7, 11) is 0. The van der Waals surface area contributed by atoms with Gasteiger partial charge in [-0.3, -0.25) is 9.59 Å². The average molecular weight is 443 g/mol. The number of rotatable bonds is 8. The van der Waals surface area contributed by atoms with E-state index in [0.29, 0.717) is 19.5 Å². The van der Waals surface area contributed by atoms with Crippen LogP contribution in [0.1, 0.15) is 54.7 Å². The number of hydrogen-bond acceptors (Lipinski definition) is 4. The van der Waals surface area contributed by atoms with Crippen molar-refractivity contribution < 1.29 is 9.59 Å². The number of nitrogens with one attached hydrogen (secondary N) is 1. The number of carbonyl (C=O) groups excluding carboxylic acids is 2. The summed E-state index contributed by atoms with van der Waals surface area (Å²) in [6, 6.07) is 8.15. The first-order valence-corrected chi connectivity index (χ1v) is 12.9. The van der Waals surface area contributed by atoms with Crippen LogP contribution in [-0.4, -0.2) is 23.3 Å². The van der Waals surface area contributed by atoms with Crippen molar-refractivity contribution in [3.05, 3.63) is 44.8 Å². The number of amides is 2. The Morgan fingerprint density at radius 2 is 1.47 bits per heavy atom. The molecule has 0 radical (unpaired) electrons. The first-order chi connectivity index (χ1) is 14.6. The Bertz CT molecular complexity index is 804. The predicted molar refractivity (Wildman–Crippen MR) is 121 cm³/mol. The van der Waals surface area contributed by atoms with E-state index in [-0.39, 0.29) is 23.8 Å². The summed E-state index contributed by atoms with van der Waals surface area (Å²) in [4.78, 5) is 30.0. The van der Waals surface area contributed by atoms with Gasteiger partial charge in [-0.2, -0.15) is 0 Å². The van der Waals surface area contributed by atoms with Gasteiger partial charge in [-0.15, -0.1) is 22.7 Å². The van der Waals surface area contributed by atoms with Gasteiger partial charge in [0.05, 0.1) is 19.6 Å². The van der Waals surface area contributed by atoms with Gasteiger partial charge >= 0.3 is 0 Å². The molecular formula is C24H30N2O2S2. The summed E-state index contributed by atoms with van der Waals surface area (Å²) in [5.74, 6) is 2.60. The predicted octanol–water partition coefficient (Wildman–Crippen LogP) is 5.06. The van der Waals surface area contributed by atoms with Crippen molar-refractivity contribution in [1.82, 2.24) is 10.2 Å². The first kappa shape index (κ1) is 20.3. The van der Waals surface area contributed by atoms with Gasteiger partial charge in [-0.25, -0.2) is 0 Å². The Balaban J connectivity index is 1.17. The number of nitrogens with zero attached hydrogens (tertiary/aromatic N) is 1. The third-order valence-electron chi connectivity index (χ3n) is 7.34. The van der Waals surface area contributed by atoms with Gasteiger partial charge in [0.2, 0.25) is 11.8 Å². The van der Waals surface area contributed by atoms with Crippen LogP contribution in [0.3, 0.4) is 0 Å². The van der Waals surface area contributed by atoms with Crippen molar-refractivity contribution in [2.45, 2.75) is 58.0 Å². The van der Waals surface area contributed by atoms with Gasteiger partial charge in [0, 0.05) is 16.2 Å². The minimum Gasteiger partial charge on any atom is -0.347 e. The molecule has 0 atom stereocenters. The molecule has 0 spiro atoms. The van der Waals surface area contributed by atoms with Gasteiger partial charge < -0.3 is 10.2 Å². The lowest BCUT2D eigenvalue weighted by molar-refractivity contribution is -0.136. The fraction of sp³-hybridized carbons (Fsp3) is 0.583. The molecule has 160 valence electrons. The largest absolute Gasteiger partial charge is 0.347 e. The molecule has 2 amide bonds. The van der Waals surface area contributed by atoms with Crippen LogP contribution in [0, 0.1) is 23.2 Å². The van der Waals surface area contributed by atoms with E-state index in [2.05, 4.69) is 17.4 Å². The van der Waals surface area contributed by atoms with E-state index in [1.54, 1.807) is 22.7 Å². The third-order valence-corrected chi connectivity index (χ3v) is 9.07. The quantitative estimate of drug-likeness (QED) is 0.621. The van der Waals surface area contributed by atoms with Crippen molar-refractivity contribution in [2.75, 3.05) is 6.54 Å². The Morgan fingerprint density at radius 1 is 0.933 bits per heavy atom. The van der Waals surface area contributed by atoms with Crippen molar-refractivity contribution >= 4 is 34.5 Å². The lowest BCUT2D eigenvalue weighted by Gasteiger charge is -2.56. The Morgan fingerprint density at radius 3 is 1.93 bits per heavy atom. The lowest BCUT2D eigenvalue weighted by Crippen LogP contribution is -2.48. The third kappa shape index (κ3) is 4.50. The zero-order valence-corrected chi connectivity index (χ0v) is 19.0. The zero-order chi connectivity index (χ0) is 20.6. The van der Waals surface area contributed by atoms with E-state index in [1.807, 2.05) is 27.8 Å². The van der Waals surface area contributed by atoms with Gasteiger partial charge in [0.15, 0.2) is 0 Å². The average Bonchev–Trinajstić information content (AvgIpc) is 3.38. The SMILES string of the molecule is O=C(CC12CC3CC(CC(C3)C1)C2)NCC(=O)N(Cc1cccs1)Cc1cccs1. The highest BCUT2D eigenvalue weighted by atomic mass is 32.1.